The standard InChI is InChI=1S/C21H19NO5/c1-26-15-10-13-8-9-22-18(14(13)11-16(15)27-2)17(20(24)21(22)25)19(23)12-6-4-3-5-7-12/h3-7,10-11,13,23H,8-9H2,1-2H3/b19-17+. The van der Waals surface area contributed by atoms with E-state index in [2.05, 4.69) is 0 Å². The van der Waals surface area contributed by atoms with Crippen molar-refractivity contribution in [3.05, 3.63) is 76.4 Å². The zero-order chi connectivity index (χ0) is 19.1. The summed E-state index contributed by atoms with van der Waals surface area (Å²) in [5, 5.41) is 10.8. The summed E-state index contributed by atoms with van der Waals surface area (Å²) >= 11 is 0. The van der Waals surface area contributed by atoms with Gasteiger partial charge < -0.3 is 19.5 Å². The highest BCUT2D eigenvalue weighted by atomic mass is 16.5. The molecule has 0 aromatic heterocycles. The number of amides is 1. The summed E-state index contributed by atoms with van der Waals surface area (Å²) in [5.41, 5.74) is 1.77. The number of aliphatic hydroxyl groups is 1. The maximum absolute atomic E-state index is 12.7. The smallest absolute Gasteiger partial charge is 0.299 e. The van der Waals surface area contributed by atoms with Crippen molar-refractivity contribution in [1.29, 1.82) is 0 Å². The zero-order valence-electron chi connectivity index (χ0n) is 15.1. The van der Waals surface area contributed by atoms with Crippen molar-refractivity contribution in [2.75, 3.05) is 20.8 Å². The van der Waals surface area contributed by atoms with Gasteiger partial charge in [-0.3, -0.25) is 9.59 Å². The molecule has 2 aliphatic heterocycles. The van der Waals surface area contributed by atoms with Gasteiger partial charge >= 0.3 is 0 Å². The SMILES string of the molecule is COC1=CC2=C3/C(=C(\O)c4ccccc4)C(=O)C(=O)N3CCC2C=C1OC. The van der Waals surface area contributed by atoms with Gasteiger partial charge in [0.15, 0.2) is 11.5 Å². The fourth-order valence-corrected chi connectivity index (χ4v) is 3.80. The topological polar surface area (TPSA) is 76.1 Å². The lowest BCUT2D eigenvalue weighted by Crippen LogP contribution is -2.33. The van der Waals surface area contributed by atoms with Gasteiger partial charge in [0.05, 0.1) is 25.5 Å². The molecule has 1 fully saturated rings. The minimum Gasteiger partial charge on any atom is -0.506 e. The first-order chi connectivity index (χ1) is 13.1. The third-order valence-electron chi connectivity index (χ3n) is 5.12. The van der Waals surface area contributed by atoms with E-state index >= 15 is 0 Å². The first kappa shape index (κ1) is 17.1. The summed E-state index contributed by atoms with van der Waals surface area (Å²) in [6, 6.07) is 8.76. The van der Waals surface area contributed by atoms with Gasteiger partial charge in [-0.1, -0.05) is 30.3 Å². The van der Waals surface area contributed by atoms with Gasteiger partial charge in [-0.25, -0.2) is 0 Å². The molecule has 0 spiro atoms. The number of Topliss-reactive ketones (excluding diaryl/α,β-unsaturated/α-hetero) is 1. The normalized spacial score (nSPS) is 23.5. The molecule has 1 aliphatic carbocycles. The van der Waals surface area contributed by atoms with Crippen LogP contribution in [-0.4, -0.2) is 42.5 Å². The van der Waals surface area contributed by atoms with E-state index in [0.717, 1.165) is 5.57 Å². The second-order valence-electron chi connectivity index (χ2n) is 6.52. The molecule has 4 rings (SSSR count). The number of carbonyl (C=O) groups excluding carboxylic acids is 2. The number of ether oxygens (including phenoxy) is 2. The number of allylic oxidation sites excluding steroid dienone is 4. The van der Waals surface area contributed by atoms with Gasteiger partial charge in [0, 0.05) is 18.0 Å². The number of hydrogen-bond donors (Lipinski definition) is 1. The molecule has 1 N–H and O–H groups in total. The number of carbonyl (C=O) groups is 2. The Bertz CT molecular complexity index is 952. The Kier molecular flexibility index (Phi) is 4.11. The summed E-state index contributed by atoms with van der Waals surface area (Å²) in [5.74, 6) is -0.372. The molecule has 1 aromatic carbocycles. The highest BCUT2D eigenvalue weighted by Crippen LogP contribution is 2.43. The van der Waals surface area contributed by atoms with Gasteiger partial charge in [0.1, 0.15) is 5.76 Å². The summed E-state index contributed by atoms with van der Waals surface area (Å²) in [6.45, 7) is 0.406. The third kappa shape index (κ3) is 2.56. The Labute approximate surface area is 156 Å². The Morgan fingerprint density at radius 1 is 1.11 bits per heavy atom. The molecule has 1 unspecified atom stereocenters. The van der Waals surface area contributed by atoms with Gasteiger partial charge in [-0.05, 0) is 24.1 Å². The van der Waals surface area contributed by atoms with Crippen LogP contribution in [0.25, 0.3) is 5.76 Å². The molecule has 27 heavy (non-hydrogen) atoms. The summed E-state index contributed by atoms with van der Waals surface area (Å²) in [4.78, 5) is 26.7. The second-order valence-corrected chi connectivity index (χ2v) is 6.52. The third-order valence-corrected chi connectivity index (χ3v) is 5.12. The second kappa shape index (κ2) is 6.46. The fourth-order valence-electron chi connectivity index (χ4n) is 3.80. The summed E-state index contributed by atoms with van der Waals surface area (Å²) in [7, 11) is 3.11. The molecule has 1 saturated heterocycles. The van der Waals surface area contributed by atoms with Crippen molar-refractivity contribution in [3.63, 3.8) is 0 Å². The lowest BCUT2D eigenvalue weighted by molar-refractivity contribution is -0.138. The number of hydrogen-bond acceptors (Lipinski definition) is 5. The van der Waals surface area contributed by atoms with Crippen LogP contribution < -0.4 is 0 Å². The van der Waals surface area contributed by atoms with Gasteiger partial charge in [0.2, 0.25) is 0 Å². The Morgan fingerprint density at radius 3 is 2.48 bits per heavy atom. The van der Waals surface area contributed by atoms with Crippen molar-refractivity contribution in [2.24, 2.45) is 5.92 Å². The number of ketones is 1. The first-order valence-electron chi connectivity index (χ1n) is 8.68. The molecular weight excluding hydrogens is 346 g/mol. The van der Waals surface area contributed by atoms with Crippen LogP contribution in [0.3, 0.4) is 0 Å². The van der Waals surface area contributed by atoms with Crippen LogP contribution in [0.15, 0.2) is 70.8 Å². The zero-order valence-corrected chi connectivity index (χ0v) is 15.1. The van der Waals surface area contributed by atoms with Crippen LogP contribution in [0, 0.1) is 5.92 Å². The molecule has 6 heteroatoms. The van der Waals surface area contributed by atoms with Crippen LogP contribution in [0.5, 0.6) is 0 Å². The monoisotopic (exact) mass is 365 g/mol. The minimum atomic E-state index is -0.687. The quantitative estimate of drug-likeness (QED) is 0.506. The predicted molar refractivity (Wildman–Crippen MR) is 98.0 cm³/mol. The average Bonchev–Trinajstić information content (AvgIpc) is 2.97. The maximum atomic E-state index is 12.7. The van der Waals surface area contributed by atoms with Crippen LogP contribution in [-0.2, 0) is 19.1 Å². The number of nitrogens with zero attached hydrogens (tertiary/aromatic N) is 1. The maximum Gasteiger partial charge on any atom is 0.299 e. The lowest BCUT2D eigenvalue weighted by atomic mass is 9.84. The van der Waals surface area contributed by atoms with E-state index in [1.807, 2.05) is 12.1 Å². The van der Waals surface area contributed by atoms with Crippen molar-refractivity contribution >= 4 is 17.4 Å². The minimum absolute atomic E-state index is 0.0256. The van der Waals surface area contributed by atoms with Gasteiger partial charge in [-0.15, -0.1) is 0 Å². The van der Waals surface area contributed by atoms with Crippen LogP contribution in [0.2, 0.25) is 0 Å². The first-order valence-corrected chi connectivity index (χ1v) is 8.68. The molecule has 0 radical (unpaired) electrons. The Balaban J connectivity index is 1.96. The molecule has 0 bridgehead atoms. The molecule has 1 atom stereocenters. The summed E-state index contributed by atoms with van der Waals surface area (Å²) in [6.07, 6.45) is 4.38. The predicted octanol–water partition coefficient (Wildman–Crippen LogP) is 2.72. The van der Waals surface area contributed by atoms with E-state index in [0.29, 0.717) is 35.7 Å². The fraction of sp³-hybridized carbons (Fsp3) is 0.238. The van der Waals surface area contributed by atoms with E-state index in [-0.39, 0.29) is 17.3 Å². The number of aliphatic hydroxyl groups excluding tert-OH is 1. The molecule has 1 amide bonds. The molecule has 0 saturated carbocycles. The molecule has 2 heterocycles. The number of methoxy groups -OCH3 is 2. The van der Waals surface area contributed by atoms with Crippen molar-refractivity contribution in [2.45, 2.75) is 6.42 Å². The average molecular weight is 365 g/mol. The van der Waals surface area contributed by atoms with E-state index in [4.69, 9.17) is 9.47 Å². The van der Waals surface area contributed by atoms with Crippen molar-refractivity contribution in [3.8, 4) is 0 Å². The number of fused-ring (bicyclic) bond motifs is 2. The van der Waals surface area contributed by atoms with Crippen LogP contribution in [0.1, 0.15) is 12.0 Å². The van der Waals surface area contributed by atoms with Crippen molar-refractivity contribution < 1.29 is 24.2 Å². The molecular formula is C21H19NO5. The molecule has 3 aliphatic rings. The number of benzene rings is 1. The van der Waals surface area contributed by atoms with E-state index in [1.165, 1.54) is 12.0 Å². The largest absolute Gasteiger partial charge is 0.506 e. The van der Waals surface area contributed by atoms with Crippen molar-refractivity contribution in [1.82, 2.24) is 4.90 Å². The molecule has 6 nitrogen and oxygen atoms in total. The van der Waals surface area contributed by atoms with E-state index in [9.17, 15) is 14.7 Å². The molecule has 1 aromatic rings. The Hall–Kier alpha value is -3.28. The summed E-state index contributed by atoms with van der Waals surface area (Å²) < 4.78 is 10.8. The van der Waals surface area contributed by atoms with E-state index in [1.54, 1.807) is 37.5 Å². The highest BCUT2D eigenvalue weighted by molar-refractivity contribution is 6.48. The molecule has 138 valence electrons. The van der Waals surface area contributed by atoms with E-state index < -0.39 is 11.7 Å². The van der Waals surface area contributed by atoms with Crippen LogP contribution >= 0.6 is 0 Å². The highest BCUT2D eigenvalue weighted by Gasteiger charge is 2.46. The Morgan fingerprint density at radius 2 is 1.81 bits per heavy atom. The number of rotatable bonds is 3. The lowest BCUT2D eigenvalue weighted by Gasteiger charge is -2.32. The van der Waals surface area contributed by atoms with Gasteiger partial charge in [-0.2, -0.15) is 0 Å². The van der Waals surface area contributed by atoms with Crippen LogP contribution in [0.4, 0.5) is 0 Å². The van der Waals surface area contributed by atoms with Gasteiger partial charge in [0.25, 0.3) is 11.7 Å².